The lowest BCUT2D eigenvalue weighted by atomic mass is 9.79. The predicted octanol–water partition coefficient (Wildman–Crippen LogP) is -0.477. The molecule has 1 amide bonds. The Kier molecular flexibility index (Phi) is 6.02. The van der Waals surface area contributed by atoms with Crippen LogP contribution < -0.4 is 5.32 Å². The van der Waals surface area contributed by atoms with E-state index in [1.54, 1.807) is 37.3 Å². The fourth-order valence-corrected chi connectivity index (χ4v) is 6.95. The van der Waals surface area contributed by atoms with Crippen LogP contribution in [0.15, 0.2) is 18.6 Å². The Hall–Kier alpha value is -1.75. The van der Waals surface area contributed by atoms with Gasteiger partial charge in [0.15, 0.2) is 0 Å². The number of aromatic nitrogens is 2. The van der Waals surface area contributed by atoms with Gasteiger partial charge in [-0.25, -0.2) is 4.79 Å². The number of carbonyl (C=O) groups is 2. The number of aliphatic hydroxyl groups excluding tert-OH is 2. The van der Waals surface area contributed by atoms with Crippen LogP contribution >= 0.6 is 11.8 Å². The highest BCUT2D eigenvalue weighted by Gasteiger charge is 2.64. The maximum absolute atomic E-state index is 12.5. The number of carboxylic acids is 1. The Labute approximate surface area is 179 Å². The van der Waals surface area contributed by atoms with Crippen molar-refractivity contribution in [2.45, 2.75) is 67.5 Å². The monoisotopic (exact) mass is 436 g/mol. The topological polar surface area (TPSA) is 136 Å². The van der Waals surface area contributed by atoms with E-state index in [2.05, 4.69) is 15.3 Å². The van der Waals surface area contributed by atoms with Gasteiger partial charge in [0.25, 0.3) is 0 Å². The van der Waals surface area contributed by atoms with E-state index in [1.807, 2.05) is 6.92 Å². The summed E-state index contributed by atoms with van der Waals surface area (Å²) >= 11 is 1.59. The zero-order valence-corrected chi connectivity index (χ0v) is 17.8. The summed E-state index contributed by atoms with van der Waals surface area (Å²) in [5.41, 5.74) is 0.727. The molecular formula is C20H28N4O5S. The minimum Gasteiger partial charge on any atom is -0.480 e. The van der Waals surface area contributed by atoms with Crippen molar-refractivity contribution in [1.29, 1.82) is 0 Å². The quantitative estimate of drug-likeness (QED) is 0.418. The van der Waals surface area contributed by atoms with Crippen molar-refractivity contribution in [2.75, 3.05) is 6.54 Å². The van der Waals surface area contributed by atoms with Gasteiger partial charge in [0.2, 0.25) is 5.91 Å². The fourth-order valence-electron chi connectivity index (χ4n) is 5.19. The molecule has 164 valence electrons. The number of aliphatic hydroxyl groups is 2. The van der Waals surface area contributed by atoms with Gasteiger partial charge in [0.1, 0.15) is 6.04 Å². The highest BCUT2D eigenvalue weighted by Crippen LogP contribution is 2.50. The molecule has 0 saturated carbocycles. The standard InChI is InChI=1S/C20H28N4O5S/c1-9-16-15(10(2)25)19(27)24(16)17(20(28)29)18(9)30-12-6-13(23-8-12)14(26)5-11-7-21-3-4-22-11/h3-4,7,9-10,12-18,23,25-26H,5-6,8H2,1-2H3,(H,28,29)/t9-,10-,12+,13+,14?,15+,16+,17?,18?/m1/s1. The Bertz CT molecular complexity index is 797. The van der Waals surface area contributed by atoms with Crippen molar-refractivity contribution in [3.63, 3.8) is 0 Å². The summed E-state index contributed by atoms with van der Waals surface area (Å²) in [5.74, 6) is -1.81. The lowest BCUT2D eigenvalue weighted by Crippen LogP contribution is -2.65. The van der Waals surface area contributed by atoms with E-state index in [1.165, 1.54) is 4.90 Å². The predicted molar refractivity (Wildman–Crippen MR) is 110 cm³/mol. The Morgan fingerprint density at radius 3 is 2.80 bits per heavy atom. The number of aliphatic carboxylic acids is 1. The third-order valence-electron chi connectivity index (χ3n) is 6.64. The average Bonchev–Trinajstić information content (AvgIpc) is 3.25. The number of carboxylic acid groups (broad SMARTS) is 1. The van der Waals surface area contributed by atoms with Crippen LogP contribution in [0.1, 0.15) is 26.0 Å². The third-order valence-corrected chi connectivity index (χ3v) is 8.39. The summed E-state index contributed by atoms with van der Waals surface area (Å²) in [6, 6.07) is -1.21. The molecule has 3 aliphatic rings. The van der Waals surface area contributed by atoms with Gasteiger partial charge in [-0.05, 0) is 19.3 Å². The molecule has 3 fully saturated rings. The van der Waals surface area contributed by atoms with Crippen molar-refractivity contribution in [2.24, 2.45) is 11.8 Å². The second-order valence-electron chi connectivity index (χ2n) is 8.59. The second-order valence-corrected chi connectivity index (χ2v) is 10.1. The summed E-state index contributed by atoms with van der Waals surface area (Å²) in [5, 5.41) is 33.6. The Balaban J connectivity index is 1.40. The lowest BCUT2D eigenvalue weighted by Gasteiger charge is -2.47. The first-order chi connectivity index (χ1) is 14.3. The minimum atomic E-state index is -0.996. The summed E-state index contributed by atoms with van der Waals surface area (Å²) in [6.45, 7) is 4.23. The number of nitrogens with zero attached hydrogens (tertiary/aromatic N) is 3. The van der Waals surface area contributed by atoms with Gasteiger partial charge in [0, 0.05) is 48.1 Å². The lowest BCUT2D eigenvalue weighted by molar-refractivity contribution is -0.170. The SMILES string of the molecule is C[C@@H](O)[C@@H]1C(=O)N2C(C(=O)O)C(S[C@@H]3CN[C@H](C(O)Cc4cnccn4)C3)[C@H](C)[C@@H]12. The molecule has 9 nitrogen and oxygen atoms in total. The van der Waals surface area contributed by atoms with Gasteiger partial charge < -0.3 is 25.5 Å². The number of carbonyl (C=O) groups excluding carboxylic acids is 1. The van der Waals surface area contributed by atoms with Crippen molar-refractivity contribution >= 4 is 23.6 Å². The molecule has 1 aromatic heterocycles. The Morgan fingerprint density at radius 1 is 1.40 bits per heavy atom. The molecule has 3 unspecified atom stereocenters. The number of hydrogen-bond acceptors (Lipinski definition) is 8. The number of hydrogen-bond donors (Lipinski definition) is 4. The zero-order chi connectivity index (χ0) is 21.6. The average molecular weight is 437 g/mol. The van der Waals surface area contributed by atoms with Crippen LogP contribution in [-0.4, -0.2) is 89.4 Å². The smallest absolute Gasteiger partial charge is 0.327 e. The molecule has 4 rings (SSSR count). The van der Waals surface area contributed by atoms with Crippen molar-refractivity contribution < 1.29 is 24.9 Å². The van der Waals surface area contributed by atoms with E-state index in [0.717, 1.165) is 5.69 Å². The molecule has 1 aromatic rings. The highest BCUT2D eigenvalue weighted by atomic mass is 32.2. The van der Waals surface area contributed by atoms with Gasteiger partial charge in [0.05, 0.1) is 29.9 Å². The molecule has 0 bridgehead atoms. The molecular weight excluding hydrogens is 408 g/mol. The molecule has 30 heavy (non-hydrogen) atoms. The maximum Gasteiger partial charge on any atom is 0.327 e. The van der Waals surface area contributed by atoms with Crippen LogP contribution in [-0.2, 0) is 16.0 Å². The third kappa shape index (κ3) is 3.70. The summed E-state index contributed by atoms with van der Waals surface area (Å²) in [4.78, 5) is 34.2. The maximum atomic E-state index is 12.5. The number of fused-ring (bicyclic) bond motifs is 1. The van der Waals surface area contributed by atoms with Crippen molar-refractivity contribution in [1.82, 2.24) is 20.2 Å². The summed E-state index contributed by atoms with van der Waals surface area (Å²) < 4.78 is 0. The normalized spacial score (nSPS) is 37.5. The first-order valence-corrected chi connectivity index (χ1v) is 11.3. The molecule has 0 aliphatic carbocycles. The first kappa shape index (κ1) is 21.5. The van der Waals surface area contributed by atoms with Crippen LogP contribution in [0.4, 0.5) is 0 Å². The van der Waals surface area contributed by atoms with E-state index >= 15 is 0 Å². The van der Waals surface area contributed by atoms with Crippen molar-refractivity contribution in [3.05, 3.63) is 24.3 Å². The van der Waals surface area contributed by atoms with E-state index in [-0.39, 0.29) is 34.4 Å². The number of β-lactam (4-membered cyclic amide) rings is 1. The van der Waals surface area contributed by atoms with Crippen LogP contribution in [0.25, 0.3) is 0 Å². The van der Waals surface area contributed by atoms with E-state index < -0.39 is 30.1 Å². The van der Waals surface area contributed by atoms with Crippen LogP contribution in [0.3, 0.4) is 0 Å². The molecule has 9 atom stereocenters. The van der Waals surface area contributed by atoms with Gasteiger partial charge in [-0.2, -0.15) is 11.8 Å². The fraction of sp³-hybridized carbons (Fsp3) is 0.700. The molecule has 10 heteroatoms. The molecule has 3 aliphatic heterocycles. The number of amides is 1. The number of nitrogens with one attached hydrogen (secondary N) is 1. The molecule has 4 N–H and O–H groups in total. The van der Waals surface area contributed by atoms with E-state index in [0.29, 0.717) is 19.4 Å². The minimum absolute atomic E-state index is 0.0306. The van der Waals surface area contributed by atoms with Gasteiger partial charge in [-0.1, -0.05) is 6.92 Å². The summed E-state index contributed by atoms with van der Waals surface area (Å²) in [7, 11) is 0. The summed E-state index contributed by atoms with van der Waals surface area (Å²) in [6.07, 6.45) is 4.55. The first-order valence-electron chi connectivity index (χ1n) is 10.3. The number of thioether (sulfide) groups is 1. The molecule has 4 heterocycles. The number of rotatable bonds is 7. The highest BCUT2D eigenvalue weighted by molar-refractivity contribution is 8.00. The van der Waals surface area contributed by atoms with Gasteiger partial charge >= 0.3 is 5.97 Å². The van der Waals surface area contributed by atoms with E-state index in [9.17, 15) is 24.9 Å². The molecule has 0 aromatic carbocycles. The van der Waals surface area contributed by atoms with Crippen LogP contribution in [0.5, 0.6) is 0 Å². The molecule has 3 saturated heterocycles. The molecule has 0 spiro atoms. The van der Waals surface area contributed by atoms with Crippen molar-refractivity contribution in [3.8, 4) is 0 Å². The van der Waals surface area contributed by atoms with E-state index in [4.69, 9.17) is 0 Å². The van der Waals surface area contributed by atoms with Crippen LogP contribution in [0, 0.1) is 11.8 Å². The molecule has 0 radical (unpaired) electrons. The largest absolute Gasteiger partial charge is 0.480 e. The van der Waals surface area contributed by atoms with Gasteiger partial charge in [-0.15, -0.1) is 0 Å². The Morgan fingerprint density at radius 2 is 2.17 bits per heavy atom. The van der Waals surface area contributed by atoms with Gasteiger partial charge in [-0.3, -0.25) is 14.8 Å². The van der Waals surface area contributed by atoms with Crippen LogP contribution in [0.2, 0.25) is 0 Å². The zero-order valence-electron chi connectivity index (χ0n) is 17.0. The second kappa shape index (κ2) is 8.41.